The highest BCUT2D eigenvalue weighted by atomic mass is 19.1. The van der Waals surface area contributed by atoms with Gasteiger partial charge in [-0.05, 0) is 39.3 Å². The minimum atomic E-state index is -0.962. The molecule has 6 unspecified atom stereocenters. The highest BCUT2D eigenvalue weighted by molar-refractivity contribution is 5.81. The Hall–Kier alpha value is -0.920. The summed E-state index contributed by atoms with van der Waals surface area (Å²) in [6.07, 6.45) is 3.21. The van der Waals surface area contributed by atoms with E-state index in [0.29, 0.717) is 18.2 Å². The largest absolute Gasteiger partial charge is 0.374 e. The Morgan fingerprint density at radius 2 is 1.88 bits per heavy atom. The molecule has 5 rings (SSSR count). The quantitative estimate of drug-likeness (QED) is 0.313. The normalized spacial score (nSPS) is 41.8. The van der Waals surface area contributed by atoms with E-state index < -0.39 is 18.3 Å². The molecular weight excluding hydrogens is 427 g/mol. The van der Waals surface area contributed by atoms with E-state index in [1.807, 2.05) is 0 Å². The Morgan fingerprint density at radius 1 is 1.09 bits per heavy atom. The molecule has 0 aromatic rings. The number of hydrogen-bond donors (Lipinski definition) is 5. The van der Waals surface area contributed by atoms with E-state index in [-0.39, 0.29) is 31.2 Å². The van der Waals surface area contributed by atoms with Crippen LogP contribution in [0.5, 0.6) is 0 Å². The smallest absolute Gasteiger partial charge is 0.229 e. The first-order valence-corrected chi connectivity index (χ1v) is 12.7. The number of carbonyl (C=O) groups is 1. The van der Waals surface area contributed by atoms with Gasteiger partial charge in [0.1, 0.15) is 6.17 Å². The van der Waals surface area contributed by atoms with Crippen molar-refractivity contribution in [2.24, 2.45) is 11.7 Å². The van der Waals surface area contributed by atoms with Crippen LogP contribution in [0.1, 0.15) is 25.7 Å². The van der Waals surface area contributed by atoms with E-state index in [1.165, 1.54) is 0 Å². The Kier molecular flexibility index (Phi) is 7.48. The third-order valence-electron chi connectivity index (χ3n) is 8.08. The van der Waals surface area contributed by atoms with E-state index >= 15 is 0 Å². The number of hydrazine groups is 1. The number of likely N-dealkylation sites (tertiary alicyclic amines) is 2. The average molecular weight is 469 g/mol. The Bertz CT molecular complexity index is 681. The molecule has 5 heterocycles. The molecule has 0 radical (unpaired) electrons. The molecule has 188 valence electrons. The van der Waals surface area contributed by atoms with Gasteiger partial charge in [-0.15, -0.1) is 0 Å². The molecule has 11 heteroatoms. The number of carbonyl (C=O) groups excluding carboxylic acids is 1. The van der Waals surface area contributed by atoms with Crippen molar-refractivity contribution in [3.63, 3.8) is 0 Å². The fraction of sp³-hybridized carbons (Fsp3) is 0.955. The highest BCUT2D eigenvalue weighted by Crippen LogP contribution is 2.25. The van der Waals surface area contributed by atoms with Crippen molar-refractivity contribution in [2.45, 2.75) is 68.5 Å². The number of alkyl halides is 1. The number of halogens is 1. The van der Waals surface area contributed by atoms with Gasteiger partial charge in [-0.1, -0.05) is 0 Å². The zero-order chi connectivity index (χ0) is 22.9. The molecule has 0 aromatic heterocycles. The van der Waals surface area contributed by atoms with Crippen molar-refractivity contribution in [2.75, 3.05) is 59.4 Å². The van der Waals surface area contributed by atoms with Gasteiger partial charge in [-0.25, -0.2) is 14.8 Å². The van der Waals surface area contributed by atoms with Crippen LogP contribution in [0.2, 0.25) is 0 Å². The minimum absolute atomic E-state index is 0.0333. The number of amides is 1. The van der Waals surface area contributed by atoms with Gasteiger partial charge in [-0.3, -0.25) is 15.0 Å². The van der Waals surface area contributed by atoms with Gasteiger partial charge in [0.2, 0.25) is 5.91 Å². The fourth-order valence-electron chi connectivity index (χ4n) is 6.31. The third-order valence-corrected chi connectivity index (χ3v) is 8.08. The molecule has 1 amide bonds. The summed E-state index contributed by atoms with van der Waals surface area (Å²) in [5, 5.41) is 11.6. The molecule has 5 saturated heterocycles. The molecule has 0 aliphatic carbocycles. The topological polar surface area (TPSA) is 110 Å². The van der Waals surface area contributed by atoms with Gasteiger partial charge < -0.3 is 26.0 Å². The highest BCUT2D eigenvalue weighted by Gasteiger charge is 2.48. The van der Waals surface area contributed by atoms with E-state index in [2.05, 4.69) is 38.2 Å². The monoisotopic (exact) mass is 468 g/mol. The molecule has 0 bridgehead atoms. The lowest BCUT2D eigenvalue weighted by Crippen LogP contribution is -2.64. The van der Waals surface area contributed by atoms with Crippen molar-refractivity contribution in [3.8, 4) is 0 Å². The van der Waals surface area contributed by atoms with Gasteiger partial charge in [-0.2, -0.15) is 0 Å². The summed E-state index contributed by atoms with van der Waals surface area (Å²) in [7, 11) is 2.16. The third kappa shape index (κ3) is 5.35. The first-order valence-electron chi connectivity index (χ1n) is 12.7. The zero-order valence-corrected chi connectivity index (χ0v) is 19.7. The van der Waals surface area contributed by atoms with Crippen molar-refractivity contribution in [3.05, 3.63) is 0 Å². The number of nitrogens with zero attached hydrogens (tertiary/aromatic N) is 3. The first-order chi connectivity index (χ1) is 16.0. The zero-order valence-electron chi connectivity index (χ0n) is 19.7. The Morgan fingerprint density at radius 3 is 2.64 bits per heavy atom. The van der Waals surface area contributed by atoms with Crippen molar-refractivity contribution < 1.29 is 13.9 Å². The molecule has 0 aromatic carbocycles. The molecule has 10 nitrogen and oxygen atoms in total. The standard InChI is InChI=1S/C22H41FN8O2/c1-29-7-3-16(13-29)33-15-4-8-30(9-5-15)18-2-6-25-11-17(18)27-22(32)19-20(24)28-31-12-14(23)10-26-21(19)31/h14-21,25-26,28H,2-13,24H2,1H3,(H,27,32)/t14?,16-,17?,18?,19?,20?,21?/m1/s1. The van der Waals surface area contributed by atoms with Gasteiger partial charge in [0.15, 0.2) is 0 Å². The van der Waals surface area contributed by atoms with Crippen LogP contribution < -0.4 is 27.1 Å². The maximum absolute atomic E-state index is 13.8. The maximum Gasteiger partial charge on any atom is 0.229 e. The van der Waals surface area contributed by atoms with Crippen LogP contribution in [0.15, 0.2) is 0 Å². The van der Waals surface area contributed by atoms with Crippen LogP contribution in [0.4, 0.5) is 4.39 Å². The number of piperidine rings is 2. The van der Waals surface area contributed by atoms with Crippen molar-refractivity contribution in [1.29, 1.82) is 0 Å². The molecule has 0 saturated carbocycles. The van der Waals surface area contributed by atoms with E-state index in [1.54, 1.807) is 5.01 Å². The van der Waals surface area contributed by atoms with Gasteiger partial charge in [0, 0.05) is 51.9 Å². The summed E-state index contributed by atoms with van der Waals surface area (Å²) in [6.45, 7) is 6.39. The van der Waals surface area contributed by atoms with Crippen LogP contribution in [0, 0.1) is 5.92 Å². The summed E-state index contributed by atoms with van der Waals surface area (Å²) >= 11 is 0. The lowest BCUT2D eigenvalue weighted by Gasteiger charge is -2.44. The van der Waals surface area contributed by atoms with E-state index in [0.717, 1.165) is 65.0 Å². The number of ether oxygens (including phenoxy) is 1. The molecule has 7 atom stereocenters. The summed E-state index contributed by atoms with van der Waals surface area (Å²) < 4.78 is 20.1. The Labute approximate surface area is 196 Å². The summed E-state index contributed by atoms with van der Waals surface area (Å²) in [4.78, 5) is 18.2. The van der Waals surface area contributed by atoms with Crippen LogP contribution in [0.25, 0.3) is 0 Å². The second-order valence-corrected chi connectivity index (χ2v) is 10.5. The van der Waals surface area contributed by atoms with Crippen LogP contribution in [0.3, 0.4) is 0 Å². The van der Waals surface area contributed by atoms with Gasteiger partial charge in [0.25, 0.3) is 0 Å². The van der Waals surface area contributed by atoms with Crippen LogP contribution in [-0.4, -0.2) is 123 Å². The van der Waals surface area contributed by atoms with E-state index in [9.17, 15) is 9.18 Å². The van der Waals surface area contributed by atoms with E-state index in [4.69, 9.17) is 10.5 Å². The molecule has 0 spiro atoms. The number of nitrogens with one attached hydrogen (secondary N) is 4. The number of hydrogen-bond acceptors (Lipinski definition) is 9. The van der Waals surface area contributed by atoms with Crippen molar-refractivity contribution >= 4 is 5.91 Å². The molecule has 5 aliphatic rings. The molecule has 33 heavy (non-hydrogen) atoms. The maximum atomic E-state index is 13.8. The minimum Gasteiger partial charge on any atom is -0.374 e. The van der Waals surface area contributed by atoms with Crippen LogP contribution in [-0.2, 0) is 9.53 Å². The number of fused-ring (bicyclic) bond motifs is 1. The summed E-state index contributed by atoms with van der Waals surface area (Å²) in [5.74, 6) is -0.515. The predicted octanol–water partition coefficient (Wildman–Crippen LogP) is -1.99. The molecule has 6 N–H and O–H groups in total. The molecule has 5 aliphatic heterocycles. The molecular formula is C22H41FN8O2. The number of rotatable bonds is 5. The molecule has 5 fully saturated rings. The van der Waals surface area contributed by atoms with Gasteiger partial charge >= 0.3 is 0 Å². The van der Waals surface area contributed by atoms with Gasteiger partial charge in [0.05, 0.1) is 36.5 Å². The first kappa shape index (κ1) is 23.8. The number of likely N-dealkylation sites (N-methyl/N-ethyl adjacent to an activating group) is 1. The van der Waals surface area contributed by atoms with Crippen LogP contribution >= 0.6 is 0 Å². The number of nitrogens with two attached hydrogens (primary N) is 1. The summed E-state index contributed by atoms with van der Waals surface area (Å²) in [6, 6.07) is 0.343. The average Bonchev–Trinajstić information content (AvgIpc) is 3.35. The Balaban J connectivity index is 1.15. The predicted molar refractivity (Wildman–Crippen MR) is 123 cm³/mol. The second-order valence-electron chi connectivity index (χ2n) is 10.5. The van der Waals surface area contributed by atoms with Crippen molar-refractivity contribution in [1.82, 2.24) is 36.2 Å². The lowest BCUT2D eigenvalue weighted by molar-refractivity contribution is -0.128. The lowest BCUT2D eigenvalue weighted by atomic mass is 9.94. The SMILES string of the molecule is CN1CC[C@@H](OC2CCN(C3CCNCC3NC(=O)C3C(N)NN4CC(F)CNC34)CC2)C1. The second kappa shape index (κ2) is 10.4. The summed E-state index contributed by atoms with van der Waals surface area (Å²) in [5.41, 5.74) is 9.31. The fourth-order valence-corrected chi connectivity index (χ4v) is 6.31.